The van der Waals surface area contributed by atoms with Crippen LogP contribution in [0.15, 0.2) is 29.8 Å². The number of nitro benzene ring substituents is 1. The maximum atomic E-state index is 11.7. The third-order valence-corrected chi connectivity index (χ3v) is 3.38. The van der Waals surface area contributed by atoms with Crippen LogP contribution in [0, 0.1) is 10.1 Å². The molecule has 114 valence electrons. The van der Waals surface area contributed by atoms with Gasteiger partial charge in [0.05, 0.1) is 11.5 Å². The lowest BCUT2D eigenvalue weighted by Gasteiger charge is -2.14. The summed E-state index contributed by atoms with van der Waals surface area (Å²) in [5.41, 5.74) is 0.846. The average molecular weight is 302 g/mol. The number of Topliss-reactive ketones (excluding diaryl/α,β-unsaturated/α-hetero) is 1. The van der Waals surface area contributed by atoms with Crippen molar-refractivity contribution in [1.29, 1.82) is 0 Å². The Morgan fingerprint density at radius 2 is 1.77 bits per heavy atom. The van der Waals surface area contributed by atoms with E-state index in [1.807, 2.05) is 0 Å². The summed E-state index contributed by atoms with van der Waals surface area (Å²) >= 11 is 0. The summed E-state index contributed by atoms with van der Waals surface area (Å²) in [4.78, 5) is 46.1. The van der Waals surface area contributed by atoms with Crippen LogP contribution in [0.5, 0.6) is 0 Å². The SMILES string of the molecule is CC(=O)/C(=C/c1ccc([N+](=O)[O-])cc1)CN1C(=O)CCC1=O. The molecule has 0 atom stereocenters. The van der Waals surface area contributed by atoms with Gasteiger partial charge in [0.15, 0.2) is 5.78 Å². The van der Waals surface area contributed by atoms with Gasteiger partial charge in [-0.1, -0.05) is 0 Å². The van der Waals surface area contributed by atoms with Crippen LogP contribution >= 0.6 is 0 Å². The van der Waals surface area contributed by atoms with Gasteiger partial charge in [-0.15, -0.1) is 0 Å². The minimum absolute atomic E-state index is 0.0496. The normalized spacial score (nSPS) is 15.3. The molecule has 7 heteroatoms. The number of hydrogen-bond donors (Lipinski definition) is 0. The van der Waals surface area contributed by atoms with Crippen LogP contribution in [0.4, 0.5) is 5.69 Å². The first kappa shape index (κ1) is 15.6. The van der Waals surface area contributed by atoms with E-state index in [9.17, 15) is 24.5 Å². The Hall–Kier alpha value is -2.83. The lowest BCUT2D eigenvalue weighted by molar-refractivity contribution is -0.384. The number of non-ortho nitro benzene ring substituents is 1. The summed E-state index contributed by atoms with van der Waals surface area (Å²) in [5, 5.41) is 10.6. The first-order chi connectivity index (χ1) is 10.4. The topological polar surface area (TPSA) is 97.6 Å². The molecule has 7 nitrogen and oxygen atoms in total. The molecule has 0 bridgehead atoms. The maximum Gasteiger partial charge on any atom is 0.269 e. The fourth-order valence-electron chi connectivity index (χ4n) is 2.12. The molecule has 1 fully saturated rings. The molecule has 0 unspecified atom stereocenters. The number of benzene rings is 1. The quantitative estimate of drug-likeness (QED) is 0.357. The van der Waals surface area contributed by atoms with Gasteiger partial charge in [0.2, 0.25) is 11.8 Å². The number of nitro groups is 1. The fraction of sp³-hybridized carbons (Fsp3) is 0.267. The summed E-state index contributed by atoms with van der Waals surface area (Å²) < 4.78 is 0. The second kappa shape index (κ2) is 6.30. The number of carbonyl (C=O) groups excluding carboxylic acids is 3. The fourth-order valence-corrected chi connectivity index (χ4v) is 2.12. The van der Waals surface area contributed by atoms with Gasteiger partial charge >= 0.3 is 0 Å². The highest BCUT2D eigenvalue weighted by Gasteiger charge is 2.29. The standard InChI is InChI=1S/C15H14N2O5/c1-10(18)12(9-16-14(19)6-7-15(16)20)8-11-2-4-13(5-3-11)17(21)22/h2-5,8H,6-7,9H2,1H3/b12-8+. The zero-order chi connectivity index (χ0) is 16.3. The van der Waals surface area contributed by atoms with Crippen LogP contribution in [0.1, 0.15) is 25.3 Å². The van der Waals surface area contributed by atoms with Crippen molar-refractivity contribution in [2.75, 3.05) is 6.54 Å². The van der Waals surface area contributed by atoms with Crippen LogP contribution in [-0.2, 0) is 14.4 Å². The molecule has 1 aromatic carbocycles. The summed E-state index contributed by atoms with van der Waals surface area (Å²) in [5.74, 6) is -0.840. The van der Waals surface area contributed by atoms with Crippen LogP contribution in [-0.4, -0.2) is 34.0 Å². The number of nitrogens with zero attached hydrogens (tertiary/aromatic N) is 2. The monoisotopic (exact) mass is 302 g/mol. The molecule has 1 aliphatic rings. The third-order valence-electron chi connectivity index (χ3n) is 3.38. The third kappa shape index (κ3) is 3.43. The highest BCUT2D eigenvalue weighted by Crippen LogP contribution is 2.18. The number of amides is 2. The largest absolute Gasteiger partial charge is 0.295 e. The molecule has 0 aliphatic carbocycles. The van der Waals surface area contributed by atoms with E-state index >= 15 is 0 Å². The van der Waals surface area contributed by atoms with Crippen molar-refractivity contribution in [3.63, 3.8) is 0 Å². The number of ketones is 1. The highest BCUT2D eigenvalue weighted by molar-refractivity contribution is 6.05. The predicted octanol–water partition coefficient (Wildman–Crippen LogP) is 1.72. The number of imide groups is 1. The van der Waals surface area contributed by atoms with Crippen molar-refractivity contribution in [1.82, 2.24) is 4.90 Å². The van der Waals surface area contributed by atoms with Crippen molar-refractivity contribution in [3.8, 4) is 0 Å². The zero-order valence-electron chi connectivity index (χ0n) is 11.9. The van der Waals surface area contributed by atoms with Gasteiger partial charge in [0, 0.05) is 30.5 Å². The average Bonchev–Trinajstić information content (AvgIpc) is 2.78. The Kier molecular flexibility index (Phi) is 4.45. The van der Waals surface area contributed by atoms with E-state index in [4.69, 9.17) is 0 Å². The molecule has 2 amide bonds. The second-order valence-corrected chi connectivity index (χ2v) is 4.95. The van der Waals surface area contributed by atoms with Crippen molar-refractivity contribution < 1.29 is 19.3 Å². The van der Waals surface area contributed by atoms with E-state index in [0.29, 0.717) is 11.1 Å². The predicted molar refractivity (Wildman–Crippen MR) is 77.7 cm³/mol. The van der Waals surface area contributed by atoms with Gasteiger partial charge < -0.3 is 0 Å². The van der Waals surface area contributed by atoms with Crippen molar-refractivity contribution >= 4 is 29.4 Å². The molecular weight excluding hydrogens is 288 g/mol. The molecule has 0 saturated carbocycles. The molecular formula is C15H14N2O5. The molecule has 22 heavy (non-hydrogen) atoms. The van der Waals surface area contributed by atoms with E-state index in [2.05, 4.69) is 0 Å². The minimum atomic E-state index is -0.513. The first-order valence-corrected chi connectivity index (χ1v) is 6.67. The summed E-state index contributed by atoms with van der Waals surface area (Å²) in [6.45, 7) is 1.28. The van der Waals surface area contributed by atoms with E-state index < -0.39 is 4.92 Å². The second-order valence-electron chi connectivity index (χ2n) is 4.95. The van der Waals surface area contributed by atoms with Crippen molar-refractivity contribution in [2.24, 2.45) is 0 Å². The van der Waals surface area contributed by atoms with Gasteiger partial charge in [0.1, 0.15) is 0 Å². The number of hydrogen-bond acceptors (Lipinski definition) is 5. The Morgan fingerprint density at radius 1 is 1.23 bits per heavy atom. The van der Waals surface area contributed by atoms with E-state index in [1.165, 1.54) is 37.3 Å². The molecule has 1 aromatic rings. The van der Waals surface area contributed by atoms with Gasteiger partial charge in [-0.05, 0) is 30.7 Å². The molecule has 1 saturated heterocycles. The number of carbonyl (C=O) groups is 3. The van der Waals surface area contributed by atoms with Crippen LogP contribution < -0.4 is 0 Å². The Bertz CT molecular complexity index is 660. The molecule has 0 spiro atoms. The highest BCUT2D eigenvalue weighted by atomic mass is 16.6. The molecule has 1 aliphatic heterocycles. The smallest absolute Gasteiger partial charge is 0.269 e. The van der Waals surface area contributed by atoms with Crippen LogP contribution in [0.2, 0.25) is 0 Å². The summed E-state index contributed by atoms with van der Waals surface area (Å²) in [7, 11) is 0. The van der Waals surface area contributed by atoms with E-state index in [1.54, 1.807) is 0 Å². The lowest BCUT2D eigenvalue weighted by atomic mass is 10.1. The first-order valence-electron chi connectivity index (χ1n) is 6.67. The lowest BCUT2D eigenvalue weighted by Crippen LogP contribution is -2.32. The molecule has 0 aromatic heterocycles. The summed E-state index contributed by atoms with van der Waals surface area (Å²) in [6, 6.07) is 5.68. The van der Waals surface area contributed by atoms with E-state index in [-0.39, 0.29) is 42.7 Å². The number of rotatable bonds is 5. The van der Waals surface area contributed by atoms with Crippen LogP contribution in [0.3, 0.4) is 0 Å². The van der Waals surface area contributed by atoms with Gasteiger partial charge in [-0.25, -0.2) is 0 Å². The molecule has 0 N–H and O–H groups in total. The van der Waals surface area contributed by atoms with Gasteiger partial charge in [-0.3, -0.25) is 29.4 Å². The Labute approximate surface area is 126 Å². The minimum Gasteiger partial charge on any atom is -0.295 e. The molecule has 1 heterocycles. The summed E-state index contributed by atoms with van der Waals surface area (Å²) in [6.07, 6.45) is 1.87. The van der Waals surface area contributed by atoms with Crippen molar-refractivity contribution in [2.45, 2.75) is 19.8 Å². The van der Waals surface area contributed by atoms with Crippen LogP contribution in [0.25, 0.3) is 6.08 Å². The Balaban J connectivity index is 2.23. The van der Waals surface area contributed by atoms with Crippen molar-refractivity contribution in [3.05, 3.63) is 45.5 Å². The molecule has 2 rings (SSSR count). The van der Waals surface area contributed by atoms with Gasteiger partial charge in [0.25, 0.3) is 5.69 Å². The van der Waals surface area contributed by atoms with E-state index in [0.717, 1.165) is 4.90 Å². The Morgan fingerprint density at radius 3 is 2.23 bits per heavy atom. The maximum absolute atomic E-state index is 11.7. The zero-order valence-corrected chi connectivity index (χ0v) is 11.9. The van der Waals surface area contributed by atoms with Gasteiger partial charge in [-0.2, -0.15) is 0 Å². The molecule has 0 radical (unpaired) electrons. The number of likely N-dealkylation sites (tertiary alicyclic amines) is 1.